The molecule has 0 bridgehead atoms. The molecule has 0 spiro atoms. The number of Topliss-reactive ketones (excluding diaryl/α,β-unsaturated/α-hetero) is 1. The Kier molecular flexibility index (Phi) is 6.29. The van der Waals surface area contributed by atoms with E-state index in [4.69, 9.17) is 11.1 Å². The molecule has 1 aliphatic heterocycles. The molecule has 30 heavy (non-hydrogen) atoms. The Morgan fingerprint density at radius 1 is 0.867 bits per heavy atom. The van der Waals surface area contributed by atoms with Crippen LogP contribution < -0.4 is 0 Å². The summed E-state index contributed by atoms with van der Waals surface area (Å²) in [7, 11) is 0. The van der Waals surface area contributed by atoms with Crippen molar-refractivity contribution >= 4 is 35.2 Å². The van der Waals surface area contributed by atoms with Crippen LogP contribution in [0.2, 0.25) is 0 Å². The van der Waals surface area contributed by atoms with E-state index < -0.39 is 0 Å². The number of rotatable bonds is 4. The fraction of sp³-hybridized carbons (Fsp3) is 0.143. The Bertz CT molecular complexity index is 1050. The summed E-state index contributed by atoms with van der Waals surface area (Å²) in [5, 5.41) is 7.05. The molecule has 2 aromatic carbocycles. The topological polar surface area (TPSA) is 135 Å². The lowest BCUT2D eigenvalue weighted by atomic mass is 9.94. The van der Waals surface area contributed by atoms with Gasteiger partial charge < -0.3 is 4.90 Å². The predicted molar refractivity (Wildman–Crippen MR) is 114 cm³/mol. The van der Waals surface area contributed by atoms with E-state index in [1.54, 1.807) is 65.6 Å². The van der Waals surface area contributed by atoms with Crippen molar-refractivity contribution in [1.29, 1.82) is 0 Å². The van der Waals surface area contributed by atoms with E-state index in [1.807, 2.05) is 0 Å². The fourth-order valence-corrected chi connectivity index (χ4v) is 3.04. The van der Waals surface area contributed by atoms with Gasteiger partial charge in [0.05, 0.1) is 0 Å². The SMILES string of the molecule is CC(=O)N1CC(=Cc2ccc(N=[N+]=[N-])cc2)C(=O)C(=Cc2ccc(N=[N+]=[N-])cc2)C1. The molecule has 2 aromatic rings. The summed E-state index contributed by atoms with van der Waals surface area (Å²) in [4.78, 5) is 32.1. The molecule has 0 aromatic heterocycles. The van der Waals surface area contributed by atoms with Crippen molar-refractivity contribution in [1.82, 2.24) is 4.90 Å². The highest BCUT2D eigenvalue weighted by molar-refractivity contribution is 6.15. The first-order chi connectivity index (χ1) is 14.5. The van der Waals surface area contributed by atoms with Gasteiger partial charge in [-0.05, 0) is 34.3 Å². The molecule has 0 unspecified atom stereocenters. The molecule has 9 heteroatoms. The number of carbonyl (C=O) groups is 2. The molecular weight excluding hydrogens is 382 g/mol. The molecule has 1 heterocycles. The highest BCUT2D eigenvalue weighted by Crippen LogP contribution is 2.24. The zero-order chi connectivity index (χ0) is 21.5. The van der Waals surface area contributed by atoms with Crippen LogP contribution in [0, 0.1) is 0 Å². The average molecular weight is 399 g/mol. The molecule has 1 amide bonds. The number of hydrogen-bond donors (Lipinski definition) is 0. The van der Waals surface area contributed by atoms with Gasteiger partial charge in [-0.2, -0.15) is 0 Å². The van der Waals surface area contributed by atoms with Crippen LogP contribution in [0.5, 0.6) is 0 Å². The standard InChI is InChI=1S/C21H17N7O2/c1-14(29)28-12-17(10-15-2-6-19(7-3-15)24-26-22)21(30)18(13-28)11-16-4-8-20(9-5-16)25-27-23/h2-11H,12-13H2,1H3. The number of benzene rings is 2. The van der Waals surface area contributed by atoms with Crippen LogP contribution in [0.1, 0.15) is 18.1 Å². The van der Waals surface area contributed by atoms with Gasteiger partial charge in [0, 0.05) is 52.4 Å². The van der Waals surface area contributed by atoms with Gasteiger partial charge >= 0.3 is 0 Å². The van der Waals surface area contributed by atoms with Crippen LogP contribution >= 0.6 is 0 Å². The van der Waals surface area contributed by atoms with E-state index in [2.05, 4.69) is 20.1 Å². The van der Waals surface area contributed by atoms with E-state index in [9.17, 15) is 9.59 Å². The minimum Gasteiger partial charge on any atom is -0.334 e. The lowest BCUT2D eigenvalue weighted by Gasteiger charge is -2.29. The summed E-state index contributed by atoms with van der Waals surface area (Å²) in [6.45, 7) is 1.91. The Labute approximate surface area is 172 Å². The van der Waals surface area contributed by atoms with E-state index in [1.165, 1.54) is 6.92 Å². The fourth-order valence-electron chi connectivity index (χ4n) is 3.04. The van der Waals surface area contributed by atoms with Crippen LogP contribution in [0.25, 0.3) is 33.0 Å². The predicted octanol–water partition coefficient (Wildman–Crippen LogP) is 5.47. The van der Waals surface area contributed by atoms with Crippen LogP contribution in [0.3, 0.4) is 0 Å². The van der Waals surface area contributed by atoms with Gasteiger partial charge in [-0.15, -0.1) is 0 Å². The maximum atomic E-state index is 13.0. The van der Waals surface area contributed by atoms with Gasteiger partial charge in [0.1, 0.15) is 0 Å². The van der Waals surface area contributed by atoms with Gasteiger partial charge in [0.25, 0.3) is 0 Å². The van der Waals surface area contributed by atoms with Gasteiger partial charge in [-0.25, -0.2) is 0 Å². The van der Waals surface area contributed by atoms with Crippen molar-refractivity contribution < 1.29 is 9.59 Å². The number of hydrogen-bond acceptors (Lipinski definition) is 4. The van der Waals surface area contributed by atoms with Gasteiger partial charge in [-0.3, -0.25) is 9.59 Å². The summed E-state index contributed by atoms with van der Waals surface area (Å²) < 4.78 is 0. The quantitative estimate of drug-likeness (QED) is 0.292. The second kappa shape index (κ2) is 9.25. The zero-order valence-corrected chi connectivity index (χ0v) is 16.1. The first-order valence-electron chi connectivity index (χ1n) is 9.02. The summed E-state index contributed by atoms with van der Waals surface area (Å²) >= 11 is 0. The van der Waals surface area contributed by atoms with Gasteiger partial charge in [0.15, 0.2) is 5.78 Å². The van der Waals surface area contributed by atoms with Crippen molar-refractivity contribution in [3.05, 3.63) is 91.7 Å². The molecule has 1 saturated heterocycles. The molecule has 0 aliphatic carbocycles. The van der Waals surface area contributed by atoms with Crippen LogP contribution in [-0.4, -0.2) is 29.7 Å². The summed E-state index contributed by atoms with van der Waals surface area (Å²) in [5.41, 5.74) is 20.5. The monoisotopic (exact) mass is 399 g/mol. The first-order valence-corrected chi connectivity index (χ1v) is 9.02. The molecule has 9 nitrogen and oxygen atoms in total. The van der Waals surface area contributed by atoms with Crippen molar-refractivity contribution in [2.75, 3.05) is 13.1 Å². The van der Waals surface area contributed by atoms with Crippen molar-refractivity contribution in [3.63, 3.8) is 0 Å². The third kappa shape index (κ3) is 4.94. The number of azide groups is 2. The van der Waals surface area contributed by atoms with E-state index in [0.717, 1.165) is 11.1 Å². The minimum absolute atomic E-state index is 0.128. The number of likely N-dealkylation sites (tertiary alicyclic amines) is 1. The van der Waals surface area contributed by atoms with Crippen molar-refractivity contribution in [2.45, 2.75) is 6.92 Å². The Hall–Kier alpha value is -4.32. The summed E-state index contributed by atoms with van der Waals surface area (Å²) in [6.07, 6.45) is 3.46. The van der Waals surface area contributed by atoms with Crippen LogP contribution in [-0.2, 0) is 9.59 Å². The Morgan fingerprint density at radius 3 is 1.60 bits per heavy atom. The molecule has 0 N–H and O–H groups in total. The number of amides is 1. The summed E-state index contributed by atoms with van der Waals surface area (Å²) in [6, 6.07) is 13.6. The Morgan fingerprint density at radius 2 is 1.27 bits per heavy atom. The first kappa shape index (κ1) is 20.4. The maximum Gasteiger partial charge on any atom is 0.220 e. The molecule has 1 aliphatic rings. The molecule has 1 fully saturated rings. The third-order valence-corrected chi connectivity index (χ3v) is 4.54. The third-order valence-electron chi connectivity index (χ3n) is 4.54. The number of ketones is 1. The maximum absolute atomic E-state index is 13.0. The molecule has 0 radical (unpaired) electrons. The highest BCUT2D eigenvalue weighted by Gasteiger charge is 2.27. The number of carbonyl (C=O) groups excluding carboxylic acids is 2. The molecular formula is C21H17N7O2. The Balaban J connectivity index is 1.94. The lowest BCUT2D eigenvalue weighted by molar-refractivity contribution is -0.129. The van der Waals surface area contributed by atoms with Crippen molar-refractivity contribution in [2.24, 2.45) is 10.2 Å². The second-order valence-electron chi connectivity index (χ2n) is 6.61. The number of nitrogens with zero attached hydrogens (tertiary/aromatic N) is 7. The normalized spacial score (nSPS) is 16.2. The van der Waals surface area contributed by atoms with Gasteiger partial charge in [-0.1, -0.05) is 58.8 Å². The van der Waals surface area contributed by atoms with Gasteiger partial charge in [0.2, 0.25) is 5.91 Å². The van der Waals surface area contributed by atoms with Crippen LogP contribution in [0.15, 0.2) is 69.9 Å². The second-order valence-corrected chi connectivity index (χ2v) is 6.61. The summed E-state index contributed by atoms with van der Waals surface area (Å²) in [5.74, 6) is -0.262. The van der Waals surface area contributed by atoms with E-state index >= 15 is 0 Å². The lowest BCUT2D eigenvalue weighted by Crippen LogP contribution is -2.40. The largest absolute Gasteiger partial charge is 0.334 e. The highest BCUT2D eigenvalue weighted by atomic mass is 16.2. The van der Waals surface area contributed by atoms with Crippen molar-refractivity contribution in [3.8, 4) is 0 Å². The molecule has 0 atom stereocenters. The number of piperidine rings is 1. The zero-order valence-electron chi connectivity index (χ0n) is 16.1. The minimum atomic E-state index is -0.134. The van der Waals surface area contributed by atoms with Crippen LogP contribution in [0.4, 0.5) is 11.4 Å². The van der Waals surface area contributed by atoms with E-state index in [0.29, 0.717) is 22.5 Å². The molecule has 0 saturated carbocycles. The smallest absolute Gasteiger partial charge is 0.220 e. The molecule has 3 rings (SSSR count). The van der Waals surface area contributed by atoms with E-state index in [-0.39, 0.29) is 24.8 Å². The molecule has 148 valence electrons. The average Bonchev–Trinajstić information content (AvgIpc) is 2.74.